The summed E-state index contributed by atoms with van der Waals surface area (Å²) in [4.78, 5) is 2.55. The second kappa shape index (κ2) is 7.75. The van der Waals surface area contributed by atoms with E-state index in [0.29, 0.717) is 6.04 Å². The first-order chi connectivity index (χ1) is 9.72. The lowest BCUT2D eigenvalue weighted by molar-refractivity contribution is 0.153. The average molecular weight is 278 g/mol. The average Bonchev–Trinajstić information content (AvgIpc) is 2.46. The molecular weight excluding hydrogens is 251 g/mol. The van der Waals surface area contributed by atoms with E-state index in [-0.39, 0.29) is 11.9 Å². The third kappa shape index (κ3) is 4.03. The van der Waals surface area contributed by atoms with Crippen LogP contribution in [-0.2, 0) is 0 Å². The van der Waals surface area contributed by atoms with Crippen molar-refractivity contribution in [2.45, 2.75) is 51.6 Å². The van der Waals surface area contributed by atoms with E-state index in [1.165, 1.54) is 25.8 Å². The van der Waals surface area contributed by atoms with Crippen molar-refractivity contribution in [2.75, 3.05) is 19.6 Å². The van der Waals surface area contributed by atoms with Crippen LogP contribution in [0.15, 0.2) is 24.3 Å². The van der Waals surface area contributed by atoms with Crippen LogP contribution in [0.1, 0.15) is 51.1 Å². The summed E-state index contributed by atoms with van der Waals surface area (Å²) < 4.78 is 14.0. The molecule has 1 fully saturated rings. The largest absolute Gasteiger partial charge is 0.310 e. The molecule has 0 aromatic heterocycles. The third-order valence-electron chi connectivity index (χ3n) is 4.38. The van der Waals surface area contributed by atoms with Gasteiger partial charge in [0.2, 0.25) is 0 Å². The van der Waals surface area contributed by atoms with Crippen LogP contribution in [0.4, 0.5) is 4.39 Å². The van der Waals surface area contributed by atoms with Gasteiger partial charge in [-0.3, -0.25) is 0 Å². The zero-order valence-corrected chi connectivity index (χ0v) is 12.7. The summed E-state index contributed by atoms with van der Waals surface area (Å²) in [5, 5.41) is 3.43. The maximum absolute atomic E-state index is 14.0. The Kier molecular flexibility index (Phi) is 5.99. The number of nitrogens with one attached hydrogen (secondary N) is 1. The molecule has 1 N–H and O–H groups in total. The number of halogens is 1. The smallest absolute Gasteiger partial charge is 0.127 e. The predicted octanol–water partition coefficient (Wildman–Crippen LogP) is 3.74. The summed E-state index contributed by atoms with van der Waals surface area (Å²) >= 11 is 0. The molecule has 0 amide bonds. The maximum atomic E-state index is 14.0. The van der Waals surface area contributed by atoms with Gasteiger partial charge in [0, 0.05) is 24.2 Å². The molecule has 112 valence electrons. The Morgan fingerprint density at radius 3 is 2.85 bits per heavy atom. The second-order valence-electron chi connectivity index (χ2n) is 5.80. The Morgan fingerprint density at radius 1 is 1.35 bits per heavy atom. The zero-order valence-electron chi connectivity index (χ0n) is 12.7. The fourth-order valence-corrected chi connectivity index (χ4v) is 3.16. The number of benzene rings is 1. The Labute approximate surface area is 122 Å². The van der Waals surface area contributed by atoms with Crippen molar-refractivity contribution in [3.05, 3.63) is 35.6 Å². The van der Waals surface area contributed by atoms with E-state index >= 15 is 0 Å². The summed E-state index contributed by atoms with van der Waals surface area (Å²) in [7, 11) is 0. The van der Waals surface area contributed by atoms with Crippen molar-refractivity contribution in [3.8, 4) is 0 Å². The Balaban J connectivity index is 1.97. The molecule has 2 atom stereocenters. The molecule has 0 saturated carbocycles. The molecule has 2 unspecified atom stereocenters. The molecule has 0 bridgehead atoms. The quantitative estimate of drug-likeness (QED) is 0.852. The molecule has 3 heteroatoms. The highest BCUT2D eigenvalue weighted by atomic mass is 19.1. The summed E-state index contributed by atoms with van der Waals surface area (Å²) in [6, 6.07) is 7.94. The number of rotatable bonds is 6. The Bertz CT molecular complexity index is 408. The minimum Gasteiger partial charge on any atom is -0.310 e. The first-order valence-electron chi connectivity index (χ1n) is 7.94. The summed E-state index contributed by atoms with van der Waals surface area (Å²) in [6.07, 6.45) is 4.92. The first kappa shape index (κ1) is 15.5. The summed E-state index contributed by atoms with van der Waals surface area (Å²) in [6.45, 7) is 7.50. The van der Waals surface area contributed by atoms with Gasteiger partial charge in [0.05, 0.1) is 0 Å². The van der Waals surface area contributed by atoms with E-state index in [1.54, 1.807) is 12.1 Å². The summed E-state index contributed by atoms with van der Waals surface area (Å²) in [5.41, 5.74) is 0.805. The van der Waals surface area contributed by atoms with Gasteiger partial charge >= 0.3 is 0 Å². The first-order valence-corrected chi connectivity index (χ1v) is 7.94. The van der Waals surface area contributed by atoms with E-state index in [0.717, 1.165) is 25.1 Å². The molecule has 0 spiro atoms. The van der Waals surface area contributed by atoms with Crippen LogP contribution < -0.4 is 5.32 Å². The highest BCUT2D eigenvalue weighted by molar-refractivity contribution is 5.21. The number of hydrogen-bond donors (Lipinski definition) is 1. The minimum atomic E-state index is -0.0925. The van der Waals surface area contributed by atoms with E-state index in [2.05, 4.69) is 24.1 Å². The number of likely N-dealkylation sites (tertiary alicyclic amines) is 1. The van der Waals surface area contributed by atoms with Crippen LogP contribution in [0.25, 0.3) is 0 Å². The maximum Gasteiger partial charge on any atom is 0.127 e. The molecule has 1 aromatic carbocycles. The lowest BCUT2D eigenvalue weighted by Gasteiger charge is -2.34. The van der Waals surface area contributed by atoms with E-state index < -0.39 is 0 Å². The van der Waals surface area contributed by atoms with Crippen LogP contribution in [0, 0.1) is 5.82 Å². The summed E-state index contributed by atoms with van der Waals surface area (Å²) in [5.74, 6) is -0.0925. The predicted molar refractivity (Wildman–Crippen MR) is 82.3 cm³/mol. The van der Waals surface area contributed by atoms with Gasteiger partial charge in [-0.25, -0.2) is 4.39 Å². The van der Waals surface area contributed by atoms with Crippen molar-refractivity contribution >= 4 is 0 Å². The van der Waals surface area contributed by atoms with Gasteiger partial charge in [0.15, 0.2) is 0 Å². The van der Waals surface area contributed by atoms with Crippen molar-refractivity contribution in [2.24, 2.45) is 0 Å². The number of hydrogen-bond acceptors (Lipinski definition) is 2. The van der Waals surface area contributed by atoms with Gasteiger partial charge in [0.1, 0.15) is 5.82 Å². The lowest BCUT2D eigenvalue weighted by atomic mass is 10.00. The van der Waals surface area contributed by atoms with Crippen molar-refractivity contribution < 1.29 is 4.39 Å². The number of nitrogens with zero attached hydrogens (tertiary/aromatic N) is 1. The van der Waals surface area contributed by atoms with E-state index in [9.17, 15) is 4.39 Å². The fourth-order valence-electron chi connectivity index (χ4n) is 3.16. The molecule has 1 saturated heterocycles. The molecule has 2 nitrogen and oxygen atoms in total. The topological polar surface area (TPSA) is 15.3 Å². The van der Waals surface area contributed by atoms with Crippen LogP contribution in [0.2, 0.25) is 0 Å². The highest BCUT2D eigenvalue weighted by Crippen LogP contribution is 2.23. The SMILES string of the molecule is CCNC(CCN1CCCCC1C)c1ccccc1F. The Hall–Kier alpha value is -0.930. The second-order valence-corrected chi connectivity index (χ2v) is 5.80. The van der Waals surface area contributed by atoms with Crippen LogP contribution in [0.5, 0.6) is 0 Å². The molecule has 0 radical (unpaired) electrons. The van der Waals surface area contributed by atoms with Crippen molar-refractivity contribution in [1.82, 2.24) is 10.2 Å². The molecule has 1 aliphatic rings. The van der Waals surface area contributed by atoms with Crippen LogP contribution in [-0.4, -0.2) is 30.6 Å². The molecular formula is C17H27FN2. The van der Waals surface area contributed by atoms with Gasteiger partial charge in [0.25, 0.3) is 0 Å². The van der Waals surface area contributed by atoms with Crippen molar-refractivity contribution in [3.63, 3.8) is 0 Å². The monoisotopic (exact) mass is 278 g/mol. The highest BCUT2D eigenvalue weighted by Gasteiger charge is 2.20. The minimum absolute atomic E-state index is 0.0925. The van der Waals surface area contributed by atoms with E-state index in [1.807, 2.05) is 12.1 Å². The number of piperidine rings is 1. The molecule has 1 aliphatic heterocycles. The van der Waals surface area contributed by atoms with Gasteiger partial charge in [-0.1, -0.05) is 31.5 Å². The third-order valence-corrected chi connectivity index (χ3v) is 4.38. The van der Waals surface area contributed by atoms with Gasteiger partial charge in [-0.15, -0.1) is 0 Å². The van der Waals surface area contributed by atoms with Gasteiger partial charge in [-0.05, 0) is 45.3 Å². The zero-order chi connectivity index (χ0) is 14.4. The lowest BCUT2D eigenvalue weighted by Crippen LogP contribution is -2.39. The van der Waals surface area contributed by atoms with Crippen LogP contribution >= 0.6 is 0 Å². The Morgan fingerprint density at radius 2 is 2.15 bits per heavy atom. The molecule has 20 heavy (non-hydrogen) atoms. The van der Waals surface area contributed by atoms with Crippen molar-refractivity contribution in [1.29, 1.82) is 0 Å². The molecule has 1 heterocycles. The standard InChI is InChI=1S/C17H27FN2/c1-3-19-17(15-9-4-5-10-16(15)18)11-13-20-12-7-6-8-14(20)2/h4-5,9-10,14,17,19H,3,6-8,11-13H2,1-2H3. The van der Waals surface area contributed by atoms with Gasteiger partial charge in [-0.2, -0.15) is 0 Å². The molecule has 0 aliphatic carbocycles. The molecule has 2 rings (SSSR count). The molecule has 1 aromatic rings. The van der Waals surface area contributed by atoms with E-state index in [4.69, 9.17) is 0 Å². The fraction of sp³-hybridized carbons (Fsp3) is 0.647. The van der Waals surface area contributed by atoms with Crippen LogP contribution in [0.3, 0.4) is 0 Å². The van der Waals surface area contributed by atoms with Gasteiger partial charge < -0.3 is 10.2 Å². The normalized spacial score (nSPS) is 21.9.